The van der Waals surface area contributed by atoms with Crippen LogP contribution in [0.15, 0.2) is 12.4 Å². The van der Waals surface area contributed by atoms with Crippen molar-refractivity contribution in [3.05, 3.63) is 18.2 Å². The highest BCUT2D eigenvalue weighted by atomic mass is 16.1. The van der Waals surface area contributed by atoms with Gasteiger partial charge in [0.15, 0.2) is 0 Å². The van der Waals surface area contributed by atoms with E-state index in [1.165, 1.54) is 12.8 Å². The van der Waals surface area contributed by atoms with Gasteiger partial charge < -0.3 is 14.8 Å². The molecule has 20 heavy (non-hydrogen) atoms. The Hall–Kier alpha value is -1.36. The highest BCUT2D eigenvalue weighted by molar-refractivity contribution is 5.76. The molecule has 0 spiro atoms. The van der Waals surface area contributed by atoms with Crippen LogP contribution >= 0.6 is 0 Å². The Labute approximate surface area is 121 Å². The summed E-state index contributed by atoms with van der Waals surface area (Å²) < 4.78 is 1.99. The smallest absolute Gasteiger partial charge is 0.221 e. The lowest BCUT2D eigenvalue weighted by Crippen LogP contribution is -2.33. The third-order valence-corrected chi connectivity index (χ3v) is 3.94. The van der Waals surface area contributed by atoms with Crippen LogP contribution in [-0.4, -0.2) is 40.0 Å². The number of imidazole rings is 1. The van der Waals surface area contributed by atoms with Crippen LogP contribution in [0, 0.1) is 0 Å². The monoisotopic (exact) mass is 278 g/mol. The molecule has 0 bridgehead atoms. The van der Waals surface area contributed by atoms with Crippen LogP contribution in [0.4, 0.5) is 0 Å². The molecule has 1 amide bonds. The molecule has 5 heteroatoms. The molecule has 1 aliphatic heterocycles. The van der Waals surface area contributed by atoms with E-state index in [2.05, 4.69) is 22.1 Å². The first kappa shape index (κ1) is 15.0. The minimum atomic E-state index is 0.0334. The van der Waals surface area contributed by atoms with Crippen molar-refractivity contribution in [2.45, 2.75) is 45.1 Å². The van der Waals surface area contributed by atoms with Crippen LogP contribution in [-0.2, 0) is 11.8 Å². The molecule has 0 saturated carbocycles. The van der Waals surface area contributed by atoms with Gasteiger partial charge in [0.1, 0.15) is 5.82 Å². The summed E-state index contributed by atoms with van der Waals surface area (Å²) in [5.41, 5.74) is 0. The van der Waals surface area contributed by atoms with Crippen molar-refractivity contribution in [3.63, 3.8) is 0 Å². The Kier molecular flexibility index (Phi) is 5.59. The highest BCUT2D eigenvalue weighted by Crippen LogP contribution is 2.16. The lowest BCUT2D eigenvalue weighted by Gasteiger charge is -2.19. The van der Waals surface area contributed by atoms with Crippen molar-refractivity contribution in [1.29, 1.82) is 0 Å². The summed E-state index contributed by atoms with van der Waals surface area (Å²) in [6.07, 6.45) is 8.80. The minimum absolute atomic E-state index is 0.0334. The summed E-state index contributed by atoms with van der Waals surface area (Å²) in [4.78, 5) is 18.9. The van der Waals surface area contributed by atoms with Crippen molar-refractivity contribution < 1.29 is 4.79 Å². The number of hydrogen-bond donors (Lipinski definition) is 1. The van der Waals surface area contributed by atoms with Gasteiger partial charge >= 0.3 is 0 Å². The van der Waals surface area contributed by atoms with Crippen molar-refractivity contribution >= 4 is 5.91 Å². The molecule has 1 saturated heterocycles. The fraction of sp³-hybridized carbons (Fsp3) is 0.733. The summed E-state index contributed by atoms with van der Waals surface area (Å²) in [7, 11) is 1.97. The van der Waals surface area contributed by atoms with E-state index in [4.69, 9.17) is 0 Å². The summed E-state index contributed by atoms with van der Waals surface area (Å²) in [5.74, 6) is 1.08. The van der Waals surface area contributed by atoms with Crippen molar-refractivity contribution in [1.82, 2.24) is 19.8 Å². The highest BCUT2D eigenvalue weighted by Gasteiger charge is 2.18. The third-order valence-electron chi connectivity index (χ3n) is 3.94. The summed E-state index contributed by atoms with van der Waals surface area (Å²) in [5, 5.41) is 3.14. The first-order chi connectivity index (χ1) is 9.70. The van der Waals surface area contributed by atoms with Crippen LogP contribution in [0.25, 0.3) is 0 Å². The molecule has 1 aliphatic rings. The SMILES string of the molecule is CCC[C@@H](NC(=O)CCN1CCCC1)c1nccn1C. The maximum atomic E-state index is 12.1. The molecule has 0 radical (unpaired) electrons. The van der Waals surface area contributed by atoms with E-state index in [9.17, 15) is 4.79 Å². The molecule has 0 aliphatic carbocycles. The number of carbonyl (C=O) groups is 1. The standard InChI is InChI=1S/C15H26N4O/c1-3-6-13(15-16-8-12-18(15)2)17-14(20)7-11-19-9-4-5-10-19/h8,12-13H,3-7,9-11H2,1-2H3,(H,17,20)/t13-/m1/s1. The number of amides is 1. The number of aryl methyl sites for hydroxylation is 1. The molecule has 1 aromatic heterocycles. The topological polar surface area (TPSA) is 50.2 Å². The van der Waals surface area contributed by atoms with Gasteiger partial charge in [0.05, 0.1) is 6.04 Å². The zero-order valence-corrected chi connectivity index (χ0v) is 12.6. The second kappa shape index (κ2) is 7.43. The molecule has 2 rings (SSSR count). The second-order valence-electron chi connectivity index (χ2n) is 5.60. The van der Waals surface area contributed by atoms with E-state index in [0.29, 0.717) is 6.42 Å². The molecular formula is C15H26N4O. The Balaban J connectivity index is 1.84. The van der Waals surface area contributed by atoms with Crippen LogP contribution in [0.2, 0.25) is 0 Å². The Morgan fingerprint density at radius 2 is 2.20 bits per heavy atom. The molecule has 2 heterocycles. The lowest BCUT2D eigenvalue weighted by atomic mass is 10.1. The first-order valence-electron chi connectivity index (χ1n) is 7.69. The Morgan fingerprint density at radius 3 is 2.80 bits per heavy atom. The number of rotatable bonds is 7. The summed E-state index contributed by atoms with van der Waals surface area (Å²) in [6, 6.07) is 0.0334. The molecule has 0 aromatic carbocycles. The van der Waals surface area contributed by atoms with E-state index < -0.39 is 0 Å². The van der Waals surface area contributed by atoms with Gasteiger partial charge in [0.25, 0.3) is 0 Å². The maximum absolute atomic E-state index is 12.1. The average molecular weight is 278 g/mol. The Morgan fingerprint density at radius 1 is 1.45 bits per heavy atom. The molecule has 0 unspecified atom stereocenters. The van der Waals surface area contributed by atoms with E-state index in [1.807, 2.05) is 17.8 Å². The number of nitrogens with zero attached hydrogens (tertiary/aromatic N) is 3. The van der Waals surface area contributed by atoms with E-state index in [0.717, 1.165) is 38.3 Å². The largest absolute Gasteiger partial charge is 0.346 e. The van der Waals surface area contributed by atoms with Gasteiger partial charge in [-0.1, -0.05) is 13.3 Å². The normalized spacial score (nSPS) is 17.3. The fourth-order valence-corrected chi connectivity index (χ4v) is 2.80. The average Bonchev–Trinajstić information content (AvgIpc) is 3.07. The van der Waals surface area contributed by atoms with E-state index in [1.54, 1.807) is 6.20 Å². The number of hydrogen-bond acceptors (Lipinski definition) is 3. The van der Waals surface area contributed by atoms with Crippen LogP contribution in [0.1, 0.15) is 50.9 Å². The fourth-order valence-electron chi connectivity index (χ4n) is 2.80. The molecule has 1 fully saturated rings. The summed E-state index contributed by atoms with van der Waals surface area (Å²) >= 11 is 0. The predicted octanol–water partition coefficient (Wildman–Crippen LogP) is 1.86. The van der Waals surface area contributed by atoms with Crippen LogP contribution < -0.4 is 5.32 Å². The molecule has 5 nitrogen and oxygen atoms in total. The number of carbonyl (C=O) groups excluding carboxylic acids is 1. The summed E-state index contributed by atoms with van der Waals surface area (Å²) in [6.45, 7) is 5.30. The molecular weight excluding hydrogens is 252 g/mol. The maximum Gasteiger partial charge on any atom is 0.221 e. The molecule has 1 aromatic rings. The molecule has 1 N–H and O–H groups in total. The van der Waals surface area contributed by atoms with Gasteiger partial charge in [0.2, 0.25) is 5.91 Å². The number of aromatic nitrogens is 2. The second-order valence-corrected chi connectivity index (χ2v) is 5.60. The van der Waals surface area contributed by atoms with Gasteiger partial charge in [-0.3, -0.25) is 4.79 Å². The van der Waals surface area contributed by atoms with Crippen molar-refractivity contribution in [2.75, 3.05) is 19.6 Å². The lowest BCUT2D eigenvalue weighted by molar-refractivity contribution is -0.122. The predicted molar refractivity (Wildman–Crippen MR) is 79.3 cm³/mol. The zero-order chi connectivity index (χ0) is 14.4. The van der Waals surface area contributed by atoms with Crippen molar-refractivity contribution in [2.24, 2.45) is 7.05 Å². The third kappa shape index (κ3) is 4.07. The molecule has 112 valence electrons. The van der Waals surface area contributed by atoms with Crippen molar-refractivity contribution in [3.8, 4) is 0 Å². The van der Waals surface area contributed by atoms with E-state index in [-0.39, 0.29) is 11.9 Å². The number of likely N-dealkylation sites (tertiary alicyclic amines) is 1. The van der Waals surface area contributed by atoms with Crippen LogP contribution in [0.5, 0.6) is 0 Å². The molecule has 1 atom stereocenters. The van der Waals surface area contributed by atoms with Gasteiger partial charge in [-0.25, -0.2) is 4.98 Å². The first-order valence-corrected chi connectivity index (χ1v) is 7.69. The zero-order valence-electron chi connectivity index (χ0n) is 12.6. The quantitative estimate of drug-likeness (QED) is 0.828. The van der Waals surface area contributed by atoms with Gasteiger partial charge in [-0.15, -0.1) is 0 Å². The van der Waals surface area contributed by atoms with Gasteiger partial charge in [-0.05, 0) is 32.4 Å². The minimum Gasteiger partial charge on any atom is -0.346 e. The van der Waals surface area contributed by atoms with E-state index >= 15 is 0 Å². The van der Waals surface area contributed by atoms with Gasteiger partial charge in [-0.2, -0.15) is 0 Å². The van der Waals surface area contributed by atoms with Gasteiger partial charge in [0, 0.05) is 32.4 Å². The number of nitrogens with one attached hydrogen (secondary N) is 1. The Bertz CT molecular complexity index is 423. The van der Waals surface area contributed by atoms with Crippen LogP contribution in [0.3, 0.4) is 0 Å².